The fraction of sp³-hybridized carbons (Fsp3) is 0.800. The van der Waals surface area contributed by atoms with Crippen LogP contribution < -0.4 is 11.1 Å². The molecule has 0 amide bonds. The highest BCUT2D eigenvalue weighted by Crippen LogP contribution is 2.22. The summed E-state index contributed by atoms with van der Waals surface area (Å²) in [5.74, 6) is 0.139. The maximum Gasteiger partial charge on any atom is 0.0756 e. The van der Waals surface area contributed by atoms with Crippen molar-refractivity contribution in [3.8, 4) is 0 Å². The first-order chi connectivity index (χ1) is 6.74. The van der Waals surface area contributed by atoms with Crippen LogP contribution >= 0.6 is 0 Å². The molecule has 0 aromatic heterocycles. The van der Waals surface area contributed by atoms with Gasteiger partial charge in [0.05, 0.1) is 14.5 Å². The quantitative estimate of drug-likeness (QED) is 0.497. The van der Waals surface area contributed by atoms with Crippen molar-refractivity contribution >= 4 is 7.85 Å². The Morgan fingerprint density at radius 2 is 2.43 bits per heavy atom. The highest BCUT2D eigenvalue weighted by Gasteiger charge is 2.17. The van der Waals surface area contributed by atoms with Crippen LogP contribution in [0.25, 0.3) is 0 Å². The summed E-state index contributed by atoms with van der Waals surface area (Å²) in [5, 5.41) is 3.35. The van der Waals surface area contributed by atoms with Crippen LogP contribution in [0.5, 0.6) is 0 Å². The summed E-state index contributed by atoms with van der Waals surface area (Å²) in [5.41, 5.74) is 6.74. The number of hydrogen-bond acceptors (Lipinski definition) is 3. The Kier molecular flexibility index (Phi) is 5.05. The van der Waals surface area contributed by atoms with Gasteiger partial charge in [-0.2, -0.15) is 0 Å². The molecule has 0 aliphatic heterocycles. The van der Waals surface area contributed by atoms with E-state index in [0.717, 1.165) is 38.3 Å². The second-order valence-electron chi connectivity index (χ2n) is 3.61. The topological polar surface area (TPSA) is 47.3 Å². The molecule has 78 valence electrons. The van der Waals surface area contributed by atoms with Crippen molar-refractivity contribution in [2.45, 2.75) is 31.6 Å². The Hall–Kier alpha value is -0.475. The van der Waals surface area contributed by atoms with Crippen molar-refractivity contribution in [1.29, 1.82) is 0 Å². The van der Waals surface area contributed by atoms with Gasteiger partial charge >= 0.3 is 0 Å². The number of nitrogens with one attached hydrogen (secondary N) is 1. The van der Waals surface area contributed by atoms with Gasteiger partial charge in [0.25, 0.3) is 0 Å². The fourth-order valence-corrected chi connectivity index (χ4v) is 1.64. The Morgan fingerprint density at radius 3 is 3.07 bits per heavy atom. The molecule has 0 aromatic carbocycles. The van der Waals surface area contributed by atoms with Crippen LogP contribution in [0.2, 0.25) is 5.82 Å². The number of hydrogen-bond donors (Lipinski definition) is 2. The van der Waals surface area contributed by atoms with Gasteiger partial charge in [0, 0.05) is 24.9 Å². The second-order valence-corrected chi connectivity index (χ2v) is 3.61. The van der Waals surface area contributed by atoms with Gasteiger partial charge in [-0.15, -0.1) is 0 Å². The van der Waals surface area contributed by atoms with Gasteiger partial charge in [0.15, 0.2) is 0 Å². The minimum Gasteiger partial charge on any atom is -0.401 e. The van der Waals surface area contributed by atoms with Crippen LogP contribution in [0.4, 0.5) is 0 Å². The predicted octanol–water partition coefficient (Wildman–Crippen LogP) is 0.574. The summed E-state index contributed by atoms with van der Waals surface area (Å²) in [4.78, 5) is 0. The molecular formula is C10H19BN2O. The zero-order chi connectivity index (χ0) is 10.4. The molecule has 0 fully saturated rings. The Balaban J connectivity index is 2.21. The maximum atomic E-state index is 5.86. The minimum atomic E-state index is 0.139. The minimum absolute atomic E-state index is 0.139. The molecule has 0 spiro atoms. The normalized spacial score (nSPS) is 27.4. The average molecular weight is 194 g/mol. The van der Waals surface area contributed by atoms with Gasteiger partial charge in [-0.05, 0) is 13.3 Å². The molecule has 3 nitrogen and oxygen atoms in total. The summed E-state index contributed by atoms with van der Waals surface area (Å²) in [6.07, 6.45) is 3.98. The fourth-order valence-electron chi connectivity index (χ4n) is 1.64. The van der Waals surface area contributed by atoms with Crippen molar-refractivity contribution in [1.82, 2.24) is 5.32 Å². The van der Waals surface area contributed by atoms with Crippen molar-refractivity contribution in [3.63, 3.8) is 0 Å². The molecule has 0 saturated heterocycles. The van der Waals surface area contributed by atoms with Crippen LogP contribution in [0.15, 0.2) is 11.8 Å². The first-order valence-corrected chi connectivity index (χ1v) is 5.28. The molecule has 0 heterocycles. The number of allylic oxidation sites excluding steroid dienone is 1. The number of ether oxygens (including phenoxy) is 1. The molecule has 3 N–H and O–H groups in total. The van der Waals surface area contributed by atoms with Gasteiger partial charge in [-0.1, -0.05) is 18.3 Å². The lowest BCUT2D eigenvalue weighted by Gasteiger charge is -2.26. The van der Waals surface area contributed by atoms with Gasteiger partial charge in [-0.3, -0.25) is 0 Å². The van der Waals surface area contributed by atoms with Crippen LogP contribution in [0.1, 0.15) is 19.8 Å². The summed E-state index contributed by atoms with van der Waals surface area (Å²) < 4.78 is 5.23. The van der Waals surface area contributed by atoms with E-state index >= 15 is 0 Å². The third kappa shape index (κ3) is 3.72. The van der Waals surface area contributed by atoms with Gasteiger partial charge in [0.2, 0.25) is 0 Å². The van der Waals surface area contributed by atoms with E-state index in [4.69, 9.17) is 18.3 Å². The van der Waals surface area contributed by atoms with Crippen LogP contribution in [-0.4, -0.2) is 33.6 Å². The van der Waals surface area contributed by atoms with Gasteiger partial charge < -0.3 is 15.8 Å². The van der Waals surface area contributed by atoms with Crippen molar-refractivity contribution in [2.24, 2.45) is 5.73 Å². The van der Waals surface area contributed by atoms with E-state index in [-0.39, 0.29) is 11.9 Å². The third-order valence-electron chi connectivity index (χ3n) is 2.44. The monoisotopic (exact) mass is 194 g/mol. The largest absolute Gasteiger partial charge is 0.401 e. The molecule has 1 rings (SSSR count). The van der Waals surface area contributed by atoms with Gasteiger partial charge in [0.1, 0.15) is 0 Å². The van der Waals surface area contributed by atoms with Crippen molar-refractivity contribution in [3.05, 3.63) is 11.8 Å². The predicted molar refractivity (Wildman–Crippen MR) is 59.3 cm³/mol. The third-order valence-corrected chi connectivity index (χ3v) is 2.44. The second kappa shape index (κ2) is 6.09. The van der Waals surface area contributed by atoms with E-state index in [0.29, 0.717) is 0 Å². The first kappa shape index (κ1) is 11.6. The lowest BCUT2D eigenvalue weighted by Crippen LogP contribution is -2.38. The van der Waals surface area contributed by atoms with E-state index < -0.39 is 0 Å². The molecule has 1 unspecified atom stereocenters. The lowest BCUT2D eigenvalue weighted by atomic mass is 9.77. The van der Waals surface area contributed by atoms with Crippen LogP contribution in [-0.2, 0) is 4.74 Å². The maximum absolute atomic E-state index is 5.86. The number of nitrogens with two attached hydrogens (primary N) is 1. The summed E-state index contributed by atoms with van der Waals surface area (Å²) >= 11 is 0. The molecular weight excluding hydrogens is 175 g/mol. The van der Waals surface area contributed by atoms with Crippen molar-refractivity contribution in [2.75, 3.05) is 19.8 Å². The molecule has 0 bridgehead atoms. The Labute approximate surface area is 87.5 Å². The van der Waals surface area contributed by atoms with E-state index in [1.165, 1.54) is 0 Å². The lowest BCUT2D eigenvalue weighted by molar-refractivity contribution is 0.147. The molecule has 0 aromatic rings. The summed E-state index contributed by atoms with van der Waals surface area (Å²) in [7, 11) is 5.75. The zero-order valence-electron chi connectivity index (χ0n) is 8.83. The van der Waals surface area contributed by atoms with E-state index in [1.54, 1.807) is 0 Å². The van der Waals surface area contributed by atoms with Crippen molar-refractivity contribution < 1.29 is 4.74 Å². The van der Waals surface area contributed by atoms with Gasteiger partial charge in [-0.25, -0.2) is 0 Å². The standard InChI is InChI=1S/C10H19BN2O/c1-2-14-6-5-13-10-4-3-8(11)7-9(10)12/h7-8,10,13H,2-6,12H2,1H3/t8-,10?/m0/s1. The average Bonchev–Trinajstić information content (AvgIpc) is 2.15. The molecule has 1 aliphatic rings. The Bertz CT molecular complexity index is 197. The van der Waals surface area contributed by atoms with Crippen LogP contribution in [0, 0.1) is 0 Å². The van der Waals surface area contributed by atoms with E-state index in [9.17, 15) is 0 Å². The molecule has 2 radical (unpaired) electrons. The highest BCUT2D eigenvalue weighted by atomic mass is 16.5. The molecule has 4 heteroatoms. The summed E-state index contributed by atoms with van der Waals surface area (Å²) in [6, 6.07) is 0.287. The molecule has 1 aliphatic carbocycles. The first-order valence-electron chi connectivity index (χ1n) is 5.28. The summed E-state index contributed by atoms with van der Waals surface area (Å²) in [6.45, 7) is 4.35. The molecule has 14 heavy (non-hydrogen) atoms. The van der Waals surface area contributed by atoms with E-state index in [2.05, 4.69) is 5.32 Å². The van der Waals surface area contributed by atoms with Crippen LogP contribution in [0.3, 0.4) is 0 Å². The SMILES string of the molecule is [B][C@@H]1C=C(N)C(NCCOCC)CC1. The smallest absolute Gasteiger partial charge is 0.0756 e. The highest BCUT2D eigenvalue weighted by molar-refractivity contribution is 6.13. The Morgan fingerprint density at radius 1 is 1.64 bits per heavy atom. The van der Waals surface area contributed by atoms with E-state index in [1.807, 2.05) is 13.0 Å². The zero-order valence-corrected chi connectivity index (χ0v) is 8.83. The number of rotatable bonds is 5. The molecule has 2 atom stereocenters. The molecule has 0 saturated carbocycles.